The first kappa shape index (κ1) is 15.7. The smallest absolute Gasteiger partial charge is 0.322 e. The third-order valence-electron chi connectivity index (χ3n) is 5.00. The van der Waals surface area contributed by atoms with Crippen LogP contribution in [0.5, 0.6) is 0 Å². The van der Waals surface area contributed by atoms with E-state index < -0.39 is 0 Å². The number of nitrogens with zero attached hydrogens (tertiary/aromatic N) is 2. The lowest BCUT2D eigenvalue weighted by atomic mass is 9.87. The first-order valence-corrected chi connectivity index (χ1v) is 8.67. The number of piperazine rings is 1. The molecule has 2 atom stereocenters. The van der Waals surface area contributed by atoms with Crippen molar-refractivity contribution in [1.29, 1.82) is 0 Å². The minimum absolute atomic E-state index is 0.0760. The Balaban J connectivity index is 1.46. The number of aromatic nitrogens is 2. The van der Waals surface area contributed by atoms with Gasteiger partial charge in [-0.25, -0.2) is 4.79 Å². The standard InChI is InChI=1S/C18H21N5O2/c24-17-11-23(16-4-2-1-3-15(16)21-17)18(25)20-13-7-5-12(6-8-13)14-9-10-19-22-14/h5-10,15-16H,1-4,11H2,(H,19,22)(H,20,25)(H,21,24). The zero-order valence-corrected chi connectivity index (χ0v) is 13.9. The van der Waals surface area contributed by atoms with Gasteiger partial charge in [-0.1, -0.05) is 25.0 Å². The molecular weight excluding hydrogens is 318 g/mol. The SMILES string of the molecule is O=C1CN(C(=O)Nc2ccc(-c3ccn[nH]3)cc2)C2CCCCC2N1. The van der Waals surface area contributed by atoms with E-state index >= 15 is 0 Å². The molecule has 2 heterocycles. The number of fused-ring (bicyclic) bond motifs is 1. The minimum atomic E-state index is -0.207. The van der Waals surface area contributed by atoms with Crippen molar-refractivity contribution in [3.05, 3.63) is 36.5 Å². The lowest BCUT2D eigenvalue weighted by Gasteiger charge is -2.43. The molecule has 2 aromatic rings. The van der Waals surface area contributed by atoms with Crippen LogP contribution >= 0.6 is 0 Å². The molecule has 0 radical (unpaired) electrons. The fourth-order valence-electron chi connectivity index (χ4n) is 3.74. The number of carbonyl (C=O) groups is 2. The van der Waals surface area contributed by atoms with E-state index in [-0.39, 0.29) is 30.6 Å². The molecule has 1 saturated carbocycles. The van der Waals surface area contributed by atoms with Gasteiger partial charge in [-0.2, -0.15) is 5.10 Å². The summed E-state index contributed by atoms with van der Waals surface area (Å²) in [5.41, 5.74) is 2.64. The minimum Gasteiger partial charge on any atom is -0.350 e. The molecule has 3 N–H and O–H groups in total. The van der Waals surface area contributed by atoms with Crippen LogP contribution in [0.4, 0.5) is 10.5 Å². The van der Waals surface area contributed by atoms with Crippen molar-refractivity contribution in [2.75, 3.05) is 11.9 Å². The maximum atomic E-state index is 12.7. The van der Waals surface area contributed by atoms with Crippen LogP contribution in [0, 0.1) is 0 Å². The first-order valence-electron chi connectivity index (χ1n) is 8.67. The Labute approximate surface area is 145 Å². The molecular formula is C18H21N5O2. The molecule has 1 aliphatic heterocycles. The lowest BCUT2D eigenvalue weighted by Crippen LogP contribution is -2.63. The summed E-state index contributed by atoms with van der Waals surface area (Å²) >= 11 is 0. The number of hydrogen-bond acceptors (Lipinski definition) is 3. The molecule has 1 aromatic carbocycles. The zero-order valence-electron chi connectivity index (χ0n) is 13.9. The van der Waals surface area contributed by atoms with Crippen molar-refractivity contribution in [1.82, 2.24) is 20.4 Å². The number of urea groups is 1. The number of benzene rings is 1. The van der Waals surface area contributed by atoms with E-state index in [2.05, 4.69) is 20.8 Å². The number of aromatic amines is 1. The Hall–Kier alpha value is -2.83. The number of hydrogen-bond donors (Lipinski definition) is 3. The number of nitrogens with one attached hydrogen (secondary N) is 3. The van der Waals surface area contributed by atoms with E-state index in [1.165, 1.54) is 0 Å². The highest BCUT2D eigenvalue weighted by Gasteiger charge is 2.38. The third kappa shape index (κ3) is 3.22. The van der Waals surface area contributed by atoms with Crippen molar-refractivity contribution >= 4 is 17.6 Å². The second kappa shape index (κ2) is 6.58. The summed E-state index contributed by atoms with van der Waals surface area (Å²) < 4.78 is 0. The van der Waals surface area contributed by atoms with Crippen LogP contribution in [0.2, 0.25) is 0 Å². The number of rotatable bonds is 2. The Morgan fingerprint density at radius 1 is 1.16 bits per heavy atom. The first-order chi connectivity index (χ1) is 12.2. The Morgan fingerprint density at radius 3 is 2.72 bits per heavy atom. The molecule has 2 unspecified atom stereocenters. The summed E-state index contributed by atoms with van der Waals surface area (Å²) in [4.78, 5) is 26.3. The van der Waals surface area contributed by atoms with Crippen LogP contribution < -0.4 is 10.6 Å². The van der Waals surface area contributed by atoms with Crippen LogP contribution in [-0.2, 0) is 4.79 Å². The van der Waals surface area contributed by atoms with E-state index in [4.69, 9.17) is 0 Å². The number of anilines is 1. The predicted octanol–water partition coefficient (Wildman–Crippen LogP) is 2.35. The van der Waals surface area contributed by atoms with Gasteiger partial charge in [0.15, 0.2) is 0 Å². The van der Waals surface area contributed by atoms with E-state index in [0.717, 1.165) is 36.9 Å². The number of carbonyl (C=O) groups excluding carboxylic acids is 2. The second-order valence-electron chi connectivity index (χ2n) is 6.63. The van der Waals surface area contributed by atoms with Gasteiger partial charge in [0.25, 0.3) is 0 Å². The molecule has 2 aliphatic rings. The second-order valence-corrected chi connectivity index (χ2v) is 6.63. The highest BCUT2D eigenvalue weighted by atomic mass is 16.2. The molecule has 25 heavy (non-hydrogen) atoms. The fourth-order valence-corrected chi connectivity index (χ4v) is 3.74. The summed E-state index contributed by atoms with van der Waals surface area (Å²) in [5.74, 6) is -0.0760. The third-order valence-corrected chi connectivity index (χ3v) is 5.00. The van der Waals surface area contributed by atoms with Crippen LogP contribution in [0.25, 0.3) is 11.3 Å². The van der Waals surface area contributed by atoms with E-state index in [1.54, 1.807) is 11.1 Å². The molecule has 1 saturated heterocycles. The molecule has 0 spiro atoms. The molecule has 1 aromatic heterocycles. The normalized spacial score (nSPS) is 22.9. The summed E-state index contributed by atoms with van der Waals surface area (Å²) in [5, 5.41) is 12.8. The van der Waals surface area contributed by atoms with Crippen molar-refractivity contribution in [3.8, 4) is 11.3 Å². The van der Waals surface area contributed by atoms with Crippen molar-refractivity contribution in [2.24, 2.45) is 0 Å². The average molecular weight is 339 g/mol. The lowest BCUT2D eigenvalue weighted by molar-refractivity contribution is -0.126. The highest BCUT2D eigenvalue weighted by molar-refractivity contribution is 5.93. The van der Waals surface area contributed by atoms with Gasteiger partial charge in [-0.3, -0.25) is 9.89 Å². The quantitative estimate of drug-likeness (QED) is 0.784. The van der Waals surface area contributed by atoms with Gasteiger partial charge in [-0.15, -0.1) is 0 Å². The molecule has 130 valence electrons. The number of amides is 3. The van der Waals surface area contributed by atoms with Crippen LogP contribution in [0.3, 0.4) is 0 Å². The molecule has 2 fully saturated rings. The van der Waals surface area contributed by atoms with Crippen LogP contribution in [0.1, 0.15) is 25.7 Å². The largest absolute Gasteiger partial charge is 0.350 e. The van der Waals surface area contributed by atoms with Gasteiger partial charge in [0.05, 0.1) is 11.7 Å². The summed E-state index contributed by atoms with van der Waals surface area (Å²) in [6, 6.07) is 9.43. The molecule has 7 heteroatoms. The van der Waals surface area contributed by atoms with Crippen LogP contribution in [0.15, 0.2) is 36.5 Å². The Bertz CT molecular complexity index is 756. The molecule has 7 nitrogen and oxygen atoms in total. The van der Waals surface area contributed by atoms with Crippen molar-refractivity contribution in [2.45, 2.75) is 37.8 Å². The molecule has 4 rings (SSSR count). The summed E-state index contributed by atoms with van der Waals surface area (Å²) in [6.07, 6.45) is 5.79. The van der Waals surface area contributed by atoms with Crippen molar-refractivity contribution in [3.63, 3.8) is 0 Å². The monoisotopic (exact) mass is 339 g/mol. The van der Waals surface area contributed by atoms with E-state index in [9.17, 15) is 9.59 Å². The van der Waals surface area contributed by atoms with Crippen molar-refractivity contribution < 1.29 is 9.59 Å². The Kier molecular flexibility index (Phi) is 4.13. The summed E-state index contributed by atoms with van der Waals surface area (Å²) in [6.45, 7) is 0.124. The predicted molar refractivity (Wildman–Crippen MR) is 93.9 cm³/mol. The van der Waals surface area contributed by atoms with E-state index in [0.29, 0.717) is 5.69 Å². The van der Waals surface area contributed by atoms with Gasteiger partial charge in [0.2, 0.25) is 5.91 Å². The van der Waals surface area contributed by atoms with Gasteiger partial charge in [0, 0.05) is 17.9 Å². The molecule has 3 amide bonds. The summed E-state index contributed by atoms with van der Waals surface area (Å²) in [7, 11) is 0. The Morgan fingerprint density at radius 2 is 1.96 bits per heavy atom. The van der Waals surface area contributed by atoms with Gasteiger partial charge < -0.3 is 15.5 Å². The highest BCUT2D eigenvalue weighted by Crippen LogP contribution is 2.26. The fraction of sp³-hybridized carbons (Fsp3) is 0.389. The molecule has 1 aliphatic carbocycles. The van der Waals surface area contributed by atoms with Gasteiger partial charge in [0.1, 0.15) is 6.54 Å². The maximum Gasteiger partial charge on any atom is 0.322 e. The topological polar surface area (TPSA) is 90.1 Å². The van der Waals surface area contributed by atoms with Gasteiger partial charge >= 0.3 is 6.03 Å². The van der Waals surface area contributed by atoms with Gasteiger partial charge in [-0.05, 0) is 36.6 Å². The maximum absolute atomic E-state index is 12.7. The van der Waals surface area contributed by atoms with E-state index in [1.807, 2.05) is 30.3 Å². The average Bonchev–Trinajstić information content (AvgIpc) is 3.16. The zero-order chi connectivity index (χ0) is 17.2. The van der Waals surface area contributed by atoms with Crippen LogP contribution in [-0.4, -0.2) is 45.7 Å². The molecule has 0 bridgehead atoms. The number of H-pyrrole nitrogens is 1.